The van der Waals surface area contributed by atoms with E-state index < -0.39 is 0 Å². The number of aromatic nitrogens is 4. The molecule has 0 saturated heterocycles. The molecule has 0 spiro atoms. The summed E-state index contributed by atoms with van der Waals surface area (Å²) in [6.07, 6.45) is 1.78. The predicted molar refractivity (Wildman–Crippen MR) is 92.7 cm³/mol. The van der Waals surface area contributed by atoms with E-state index in [1.807, 2.05) is 24.3 Å². The van der Waals surface area contributed by atoms with E-state index in [-0.39, 0.29) is 6.04 Å². The number of methoxy groups -OCH3 is 2. The lowest BCUT2D eigenvalue weighted by Crippen LogP contribution is -2.13. The van der Waals surface area contributed by atoms with E-state index in [1.165, 1.54) is 0 Å². The van der Waals surface area contributed by atoms with E-state index in [1.54, 1.807) is 25.1 Å². The summed E-state index contributed by atoms with van der Waals surface area (Å²) in [5.74, 6) is 2.18. The summed E-state index contributed by atoms with van der Waals surface area (Å²) in [6.45, 7) is 4.48. The molecule has 0 saturated carbocycles. The molecule has 2 heterocycles. The van der Waals surface area contributed by atoms with Crippen LogP contribution in [0.2, 0.25) is 0 Å². The molecule has 0 aliphatic heterocycles. The van der Waals surface area contributed by atoms with Crippen LogP contribution in [0, 0.1) is 0 Å². The lowest BCUT2D eigenvalue weighted by atomic mass is 10.3. The van der Waals surface area contributed by atoms with Gasteiger partial charge in [0, 0.05) is 13.2 Å². The zero-order valence-electron chi connectivity index (χ0n) is 14.3. The van der Waals surface area contributed by atoms with Crippen molar-refractivity contribution >= 4 is 16.9 Å². The maximum absolute atomic E-state index is 5.21. The van der Waals surface area contributed by atoms with Gasteiger partial charge in [-0.2, -0.15) is 5.10 Å². The first-order chi connectivity index (χ1) is 11.6. The molecule has 2 aromatic heterocycles. The van der Waals surface area contributed by atoms with E-state index in [0.717, 1.165) is 28.3 Å². The maximum Gasteiger partial charge on any atom is 0.168 e. The Kier molecular flexibility index (Phi) is 4.61. The summed E-state index contributed by atoms with van der Waals surface area (Å²) in [5.41, 5.74) is 1.65. The number of nitrogens with zero attached hydrogens (tertiary/aromatic N) is 4. The second kappa shape index (κ2) is 6.84. The van der Waals surface area contributed by atoms with Crippen LogP contribution in [0.4, 0.5) is 5.82 Å². The molecule has 0 aliphatic rings. The van der Waals surface area contributed by atoms with E-state index in [0.29, 0.717) is 12.4 Å². The molecule has 0 fully saturated rings. The van der Waals surface area contributed by atoms with Gasteiger partial charge >= 0.3 is 0 Å². The van der Waals surface area contributed by atoms with Crippen molar-refractivity contribution in [3.8, 4) is 11.4 Å². The molecule has 0 atom stereocenters. The molecule has 1 aromatic carbocycles. The van der Waals surface area contributed by atoms with Crippen LogP contribution in [0.1, 0.15) is 19.7 Å². The molecule has 0 bridgehead atoms. The lowest BCUT2D eigenvalue weighted by molar-refractivity contribution is 0.178. The van der Waals surface area contributed by atoms with E-state index >= 15 is 0 Å². The monoisotopic (exact) mass is 327 g/mol. The third-order valence-corrected chi connectivity index (χ3v) is 3.49. The first kappa shape index (κ1) is 16.2. The smallest absolute Gasteiger partial charge is 0.168 e. The lowest BCUT2D eigenvalue weighted by Gasteiger charge is -2.12. The highest BCUT2D eigenvalue weighted by Crippen LogP contribution is 2.24. The summed E-state index contributed by atoms with van der Waals surface area (Å²) >= 11 is 0. The van der Waals surface area contributed by atoms with Crippen molar-refractivity contribution < 1.29 is 9.47 Å². The largest absolute Gasteiger partial charge is 0.497 e. The topological polar surface area (TPSA) is 74.1 Å². The zero-order chi connectivity index (χ0) is 17.1. The molecule has 0 amide bonds. The first-order valence-corrected chi connectivity index (χ1v) is 7.77. The Labute approximate surface area is 140 Å². The number of fused-ring (bicyclic) bond motifs is 1. The van der Waals surface area contributed by atoms with Crippen molar-refractivity contribution in [1.82, 2.24) is 19.7 Å². The summed E-state index contributed by atoms with van der Waals surface area (Å²) in [4.78, 5) is 9.15. The van der Waals surface area contributed by atoms with Crippen molar-refractivity contribution in [1.29, 1.82) is 0 Å². The Balaban J connectivity index is 2.13. The Morgan fingerprint density at radius 3 is 2.50 bits per heavy atom. The van der Waals surface area contributed by atoms with Crippen molar-refractivity contribution in [2.45, 2.75) is 26.5 Å². The van der Waals surface area contributed by atoms with Crippen molar-refractivity contribution in [2.75, 3.05) is 19.5 Å². The normalized spacial score (nSPS) is 11.2. The molecule has 0 radical (unpaired) electrons. The van der Waals surface area contributed by atoms with Crippen LogP contribution in [0.25, 0.3) is 16.7 Å². The van der Waals surface area contributed by atoms with Crippen LogP contribution < -0.4 is 10.1 Å². The standard InChI is InChI=1S/C17H21N5O2/c1-11(2)19-16-14-9-18-22(12-5-7-13(24-4)8-6-12)17(14)21-15(20-16)10-23-3/h5-9,11H,10H2,1-4H3,(H,19,20,21). The van der Waals surface area contributed by atoms with Crippen molar-refractivity contribution in [3.63, 3.8) is 0 Å². The van der Waals surface area contributed by atoms with Crippen LogP contribution in [-0.2, 0) is 11.3 Å². The molecule has 7 heteroatoms. The Hall–Kier alpha value is -2.67. The van der Waals surface area contributed by atoms with Crippen LogP contribution >= 0.6 is 0 Å². The minimum Gasteiger partial charge on any atom is -0.497 e. The third kappa shape index (κ3) is 3.16. The van der Waals surface area contributed by atoms with Gasteiger partial charge in [-0.05, 0) is 38.1 Å². The molecule has 7 nitrogen and oxygen atoms in total. The van der Waals surface area contributed by atoms with Gasteiger partial charge in [0.2, 0.25) is 0 Å². The van der Waals surface area contributed by atoms with Gasteiger partial charge in [0.1, 0.15) is 18.2 Å². The zero-order valence-corrected chi connectivity index (χ0v) is 14.3. The summed E-state index contributed by atoms with van der Waals surface area (Å²) in [5, 5.41) is 8.71. The molecule has 3 aromatic rings. The second-order valence-electron chi connectivity index (χ2n) is 5.71. The molecule has 1 N–H and O–H groups in total. The Morgan fingerprint density at radius 2 is 1.88 bits per heavy atom. The fraction of sp³-hybridized carbons (Fsp3) is 0.353. The quantitative estimate of drug-likeness (QED) is 0.750. The van der Waals surface area contributed by atoms with Gasteiger partial charge in [0.05, 0.1) is 24.4 Å². The third-order valence-electron chi connectivity index (χ3n) is 3.49. The average Bonchev–Trinajstić information content (AvgIpc) is 2.99. The summed E-state index contributed by atoms with van der Waals surface area (Å²) in [7, 11) is 3.27. The molecule has 126 valence electrons. The van der Waals surface area contributed by atoms with E-state index in [9.17, 15) is 0 Å². The number of ether oxygens (including phenoxy) is 2. The van der Waals surface area contributed by atoms with Crippen LogP contribution in [0.5, 0.6) is 5.75 Å². The fourth-order valence-electron chi connectivity index (χ4n) is 2.44. The van der Waals surface area contributed by atoms with E-state index in [4.69, 9.17) is 9.47 Å². The van der Waals surface area contributed by atoms with Crippen LogP contribution in [0.3, 0.4) is 0 Å². The van der Waals surface area contributed by atoms with Gasteiger partial charge in [0.15, 0.2) is 11.5 Å². The molecule has 24 heavy (non-hydrogen) atoms. The number of anilines is 1. The SMILES string of the molecule is COCc1nc(NC(C)C)c2cnn(-c3ccc(OC)cc3)c2n1. The first-order valence-electron chi connectivity index (χ1n) is 7.77. The van der Waals surface area contributed by atoms with Gasteiger partial charge in [-0.15, -0.1) is 0 Å². The van der Waals surface area contributed by atoms with Crippen molar-refractivity contribution in [2.24, 2.45) is 0 Å². The number of benzene rings is 1. The van der Waals surface area contributed by atoms with Gasteiger partial charge in [-0.25, -0.2) is 14.6 Å². The fourth-order valence-corrected chi connectivity index (χ4v) is 2.44. The van der Waals surface area contributed by atoms with Gasteiger partial charge in [-0.3, -0.25) is 0 Å². The number of nitrogens with one attached hydrogen (secondary N) is 1. The van der Waals surface area contributed by atoms with Gasteiger partial charge in [-0.1, -0.05) is 0 Å². The van der Waals surface area contributed by atoms with Gasteiger partial charge in [0.25, 0.3) is 0 Å². The number of rotatable bonds is 6. The highest BCUT2D eigenvalue weighted by Gasteiger charge is 2.14. The molecule has 0 unspecified atom stereocenters. The number of hydrogen-bond donors (Lipinski definition) is 1. The molecule has 0 aliphatic carbocycles. The molecular weight excluding hydrogens is 306 g/mol. The Bertz CT molecular complexity index is 827. The minimum absolute atomic E-state index is 0.253. The highest BCUT2D eigenvalue weighted by atomic mass is 16.5. The summed E-state index contributed by atoms with van der Waals surface area (Å²) in [6, 6.07) is 7.93. The van der Waals surface area contributed by atoms with E-state index in [2.05, 4.69) is 34.2 Å². The molecular formula is C17H21N5O2. The maximum atomic E-state index is 5.21. The summed E-state index contributed by atoms with van der Waals surface area (Å²) < 4.78 is 12.2. The average molecular weight is 327 g/mol. The predicted octanol–water partition coefficient (Wildman–Crippen LogP) is 2.79. The highest BCUT2D eigenvalue weighted by molar-refractivity contribution is 5.87. The second-order valence-corrected chi connectivity index (χ2v) is 5.71. The Morgan fingerprint density at radius 1 is 1.12 bits per heavy atom. The molecule has 3 rings (SSSR count). The van der Waals surface area contributed by atoms with Crippen LogP contribution in [-0.4, -0.2) is 40.0 Å². The minimum atomic E-state index is 0.253. The van der Waals surface area contributed by atoms with Crippen LogP contribution in [0.15, 0.2) is 30.5 Å². The number of hydrogen-bond acceptors (Lipinski definition) is 6. The van der Waals surface area contributed by atoms with Crippen molar-refractivity contribution in [3.05, 3.63) is 36.3 Å². The van der Waals surface area contributed by atoms with Gasteiger partial charge < -0.3 is 14.8 Å².